The molecule has 0 amide bonds. The van der Waals surface area contributed by atoms with Crippen LogP contribution in [0.25, 0.3) is 0 Å². The second kappa shape index (κ2) is 7.60. The fraction of sp³-hybridized carbons (Fsp3) is 0.450. The van der Waals surface area contributed by atoms with Crippen molar-refractivity contribution in [2.45, 2.75) is 47.2 Å². The monoisotopic (exact) mass is 312 g/mol. The first-order chi connectivity index (χ1) is 10.9. The molecule has 1 aromatic carbocycles. The summed E-state index contributed by atoms with van der Waals surface area (Å²) in [6.07, 6.45) is 0. The van der Waals surface area contributed by atoms with Crippen molar-refractivity contribution in [3.8, 4) is 0 Å². The lowest BCUT2D eigenvalue weighted by molar-refractivity contribution is 0.0929. The second-order valence-corrected chi connectivity index (χ2v) is 6.46. The number of carbonyl (C=O) groups is 1. The van der Waals surface area contributed by atoms with E-state index in [0.29, 0.717) is 12.6 Å². The van der Waals surface area contributed by atoms with Gasteiger partial charge in [-0.05, 0) is 45.9 Å². The Labute approximate surface area is 139 Å². The molecule has 0 spiro atoms. The maximum absolute atomic E-state index is 12.8. The number of hydrogen-bond acceptors (Lipinski definition) is 2. The van der Waals surface area contributed by atoms with Crippen LogP contribution in [-0.2, 0) is 6.54 Å². The van der Waals surface area contributed by atoms with Crippen LogP contribution in [0.1, 0.15) is 54.1 Å². The van der Waals surface area contributed by atoms with Crippen molar-refractivity contribution in [3.05, 3.63) is 58.9 Å². The molecule has 0 saturated carbocycles. The van der Waals surface area contributed by atoms with E-state index < -0.39 is 0 Å². The van der Waals surface area contributed by atoms with E-state index >= 15 is 0 Å². The molecule has 1 heterocycles. The van der Waals surface area contributed by atoms with E-state index in [-0.39, 0.29) is 5.78 Å². The highest BCUT2D eigenvalue weighted by molar-refractivity contribution is 5.99. The third-order valence-corrected chi connectivity index (χ3v) is 4.36. The van der Waals surface area contributed by atoms with E-state index in [1.54, 1.807) is 0 Å². The van der Waals surface area contributed by atoms with E-state index in [9.17, 15) is 4.79 Å². The number of aromatic nitrogens is 1. The summed E-state index contributed by atoms with van der Waals surface area (Å²) in [6, 6.07) is 12.7. The van der Waals surface area contributed by atoms with Gasteiger partial charge in [0.1, 0.15) is 0 Å². The molecule has 0 aliphatic carbocycles. The summed E-state index contributed by atoms with van der Waals surface area (Å²) >= 11 is 0. The lowest BCUT2D eigenvalue weighted by Gasteiger charge is -2.20. The van der Waals surface area contributed by atoms with Gasteiger partial charge >= 0.3 is 0 Å². The van der Waals surface area contributed by atoms with Crippen LogP contribution in [0.3, 0.4) is 0 Å². The average molecular weight is 312 g/mol. The Morgan fingerprint density at radius 2 is 1.83 bits per heavy atom. The lowest BCUT2D eigenvalue weighted by atomic mass is 10.1. The summed E-state index contributed by atoms with van der Waals surface area (Å²) in [7, 11) is 0. The van der Waals surface area contributed by atoms with Crippen LogP contribution in [0.5, 0.6) is 0 Å². The molecule has 2 aromatic rings. The third kappa shape index (κ3) is 4.11. The molecule has 0 radical (unpaired) electrons. The largest absolute Gasteiger partial charge is 0.346 e. The van der Waals surface area contributed by atoms with E-state index in [1.165, 1.54) is 5.56 Å². The third-order valence-electron chi connectivity index (χ3n) is 4.36. The van der Waals surface area contributed by atoms with E-state index in [1.807, 2.05) is 31.2 Å². The highest BCUT2D eigenvalue weighted by Crippen LogP contribution is 2.21. The van der Waals surface area contributed by atoms with E-state index in [4.69, 9.17) is 0 Å². The summed E-state index contributed by atoms with van der Waals surface area (Å²) in [6.45, 7) is 12.7. The Morgan fingerprint density at radius 3 is 2.35 bits per heavy atom. The Hall–Kier alpha value is -1.87. The summed E-state index contributed by atoms with van der Waals surface area (Å²) < 4.78 is 2.24. The average Bonchev–Trinajstić information content (AvgIpc) is 2.82. The first-order valence-corrected chi connectivity index (χ1v) is 8.42. The number of ketones is 1. The Balaban J connectivity index is 2.13. The highest BCUT2D eigenvalue weighted by atomic mass is 16.1. The predicted octanol–water partition coefficient (Wildman–Crippen LogP) is 4.39. The maximum Gasteiger partial charge on any atom is 0.178 e. The van der Waals surface area contributed by atoms with Gasteiger partial charge in [-0.15, -0.1) is 0 Å². The zero-order valence-corrected chi connectivity index (χ0v) is 15.0. The van der Waals surface area contributed by atoms with Gasteiger partial charge in [-0.25, -0.2) is 0 Å². The van der Waals surface area contributed by atoms with Crippen LogP contribution in [0.4, 0.5) is 0 Å². The van der Waals surface area contributed by atoms with Crippen LogP contribution in [0, 0.1) is 13.8 Å². The van der Waals surface area contributed by atoms with Crippen molar-refractivity contribution in [2.24, 2.45) is 0 Å². The topological polar surface area (TPSA) is 25.2 Å². The SMILES string of the molecule is CCN(CC(=O)c1cc(C)n(C(C)C)c1C)Cc1ccccc1. The molecule has 0 saturated heterocycles. The Bertz CT molecular complexity index is 656. The van der Waals surface area contributed by atoms with Gasteiger partial charge in [-0.3, -0.25) is 9.69 Å². The number of carbonyl (C=O) groups excluding carboxylic acids is 1. The molecule has 0 aliphatic rings. The molecular formula is C20H28N2O. The maximum atomic E-state index is 12.8. The Morgan fingerprint density at radius 1 is 1.17 bits per heavy atom. The lowest BCUT2D eigenvalue weighted by Crippen LogP contribution is -2.29. The zero-order chi connectivity index (χ0) is 17.0. The van der Waals surface area contributed by atoms with Crippen molar-refractivity contribution in [3.63, 3.8) is 0 Å². The van der Waals surface area contributed by atoms with Crippen molar-refractivity contribution in [2.75, 3.05) is 13.1 Å². The number of hydrogen-bond donors (Lipinski definition) is 0. The summed E-state index contributed by atoms with van der Waals surface area (Å²) in [5.74, 6) is 0.211. The number of rotatable bonds is 7. The molecule has 0 bridgehead atoms. The fourth-order valence-electron chi connectivity index (χ4n) is 3.26. The van der Waals surface area contributed by atoms with Crippen LogP contribution >= 0.6 is 0 Å². The van der Waals surface area contributed by atoms with Crippen LogP contribution < -0.4 is 0 Å². The van der Waals surface area contributed by atoms with Crippen molar-refractivity contribution in [1.82, 2.24) is 9.47 Å². The Kier molecular flexibility index (Phi) is 5.78. The molecule has 124 valence electrons. The highest BCUT2D eigenvalue weighted by Gasteiger charge is 2.19. The summed E-state index contributed by atoms with van der Waals surface area (Å²) in [5, 5.41) is 0. The van der Waals surface area contributed by atoms with Gasteiger partial charge in [0.05, 0.1) is 6.54 Å². The first kappa shape index (κ1) is 17.5. The number of aryl methyl sites for hydroxylation is 1. The minimum Gasteiger partial charge on any atom is -0.346 e. The minimum atomic E-state index is 0.211. The zero-order valence-electron chi connectivity index (χ0n) is 15.0. The predicted molar refractivity (Wildman–Crippen MR) is 96.0 cm³/mol. The normalized spacial score (nSPS) is 11.4. The second-order valence-electron chi connectivity index (χ2n) is 6.46. The minimum absolute atomic E-state index is 0.211. The fourth-order valence-corrected chi connectivity index (χ4v) is 3.26. The first-order valence-electron chi connectivity index (χ1n) is 8.42. The number of Topliss-reactive ketones (excluding diaryl/α,β-unsaturated/α-hetero) is 1. The van der Waals surface area contributed by atoms with Crippen molar-refractivity contribution >= 4 is 5.78 Å². The van der Waals surface area contributed by atoms with Gasteiger partial charge in [0.15, 0.2) is 5.78 Å². The smallest absolute Gasteiger partial charge is 0.178 e. The molecule has 0 unspecified atom stereocenters. The van der Waals surface area contributed by atoms with Crippen molar-refractivity contribution in [1.29, 1.82) is 0 Å². The summed E-state index contributed by atoms with van der Waals surface area (Å²) in [5.41, 5.74) is 4.35. The van der Waals surface area contributed by atoms with Gasteiger partial charge < -0.3 is 4.57 Å². The molecule has 3 heteroatoms. The molecule has 0 atom stereocenters. The van der Waals surface area contributed by atoms with Gasteiger partial charge in [0, 0.05) is 29.5 Å². The molecule has 1 aromatic heterocycles. The molecule has 23 heavy (non-hydrogen) atoms. The van der Waals surface area contributed by atoms with Crippen molar-refractivity contribution < 1.29 is 4.79 Å². The molecule has 0 N–H and O–H groups in total. The molecule has 0 fully saturated rings. The van der Waals surface area contributed by atoms with Gasteiger partial charge in [0.25, 0.3) is 0 Å². The van der Waals surface area contributed by atoms with Crippen LogP contribution in [0.2, 0.25) is 0 Å². The van der Waals surface area contributed by atoms with Gasteiger partial charge in [-0.1, -0.05) is 37.3 Å². The van der Waals surface area contributed by atoms with Gasteiger partial charge in [0.2, 0.25) is 0 Å². The quantitative estimate of drug-likeness (QED) is 0.708. The molecule has 0 aliphatic heterocycles. The van der Waals surface area contributed by atoms with Crippen LogP contribution in [0.15, 0.2) is 36.4 Å². The molecular weight excluding hydrogens is 284 g/mol. The number of benzene rings is 1. The van der Waals surface area contributed by atoms with E-state index in [2.05, 4.69) is 49.3 Å². The van der Waals surface area contributed by atoms with Gasteiger partial charge in [-0.2, -0.15) is 0 Å². The van der Waals surface area contributed by atoms with Crippen LogP contribution in [-0.4, -0.2) is 28.3 Å². The van der Waals surface area contributed by atoms with E-state index in [0.717, 1.165) is 30.0 Å². The summed E-state index contributed by atoms with van der Waals surface area (Å²) in [4.78, 5) is 15.0. The number of likely N-dealkylation sites (N-methyl/N-ethyl adjacent to an activating group) is 1. The molecule has 3 nitrogen and oxygen atoms in total. The molecule has 2 rings (SSSR count). The number of nitrogens with zero attached hydrogens (tertiary/aromatic N) is 2. The standard InChI is InChI=1S/C20H28N2O/c1-6-21(13-18-10-8-7-9-11-18)14-20(23)19-12-16(4)22(15(2)3)17(19)5/h7-12,15H,6,13-14H2,1-5H3.